The molecular weight excluding hydrogens is 314 g/mol. The number of benzene rings is 1. The molecule has 0 amide bonds. The van der Waals surface area contributed by atoms with Crippen LogP contribution in [0.5, 0.6) is 0 Å². The summed E-state index contributed by atoms with van der Waals surface area (Å²) in [6.45, 7) is 0. The second kappa shape index (κ2) is 6.34. The third-order valence-corrected chi connectivity index (χ3v) is 5.57. The zero-order valence-electron chi connectivity index (χ0n) is 11.5. The van der Waals surface area contributed by atoms with E-state index in [1.807, 2.05) is 0 Å². The molecule has 0 saturated heterocycles. The van der Waals surface area contributed by atoms with E-state index in [0.29, 0.717) is 30.7 Å². The van der Waals surface area contributed by atoms with Gasteiger partial charge in [-0.05, 0) is 31.0 Å². The number of aliphatic carboxylic acids is 1. The monoisotopic (exact) mass is 331 g/mol. The molecule has 0 heterocycles. The number of nitrogens with one attached hydrogen (secondary N) is 1. The highest BCUT2D eigenvalue weighted by Crippen LogP contribution is 2.29. The molecule has 1 aromatic carbocycles. The van der Waals surface area contributed by atoms with Gasteiger partial charge in [0.05, 0.1) is 4.90 Å². The summed E-state index contributed by atoms with van der Waals surface area (Å²) < 4.78 is 27.3. The fourth-order valence-corrected chi connectivity index (χ4v) is 4.36. The molecule has 0 aromatic heterocycles. The second-order valence-electron chi connectivity index (χ2n) is 5.36. The van der Waals surface area contributed by atoms with Gasteiger partial charge < -0.3 is 5.11 Å². The van der Waals surface area contributed by atoms with E-state index in [4.69, 9.17) is 11.6 Å². The smallest absolute Gasteiger partial charge is 0.324 e. The van der Waals surface area contributed by atoms with Crippen LogP contribution < -0.4 is 4.72 Å². The minimum atomic E-state index is -3.92. The van der Waals surface area contributed by atoms with Crippen LogP contribution in [0.15, 0.2) is 29.2 Å². The molecule has 1 fully saturated rings. The summed E-state index contributed by atoms with van der Waals surface area (Å²) in [7, 11) is -3.92. The molecule has 1 aliphatic rings. The maximum Gasteiger partial charge on any atom is 0.324 e. The molecule has 0 bridgehead atoms. The number of carbonyl (C=O) groups is 1. The lowest BCUT2D eigenvalue weighted by molar-refractivity contribution is -0.144. The van der Waals surface area contributed by atoms with Crippen molar-refractivity contribution in [2.45, 2.75) is 49.0 Å². The van der Waals surface area contributed by atoms with Crippen molar-refractivity contribution in [3.05, 3.63) is 29.3 Å². The summed E-state index contributed by atoms with van der Waals surface area (Å²) in [4.78, 5) is 11.6. The highest BCUT2D eigenvalue weighted by molar-refractivity contribution is 7.89. The van der Waals surface area contributed by atoms with Crippen molar-refractivity contribution in [2.24, 2.45) is 0 Å². The number of carboxylic acids is 1. The van der Waals surface area contributed by atoms with Crippen LogP contribution in [0.25, 0.3) is 0 Å². The van der Waals surface area contributed by atoms with Crippen LogP contribution in [0.3, 0.4) is 0 Å². The van der Waals surface area contributed by atoms with E-state index in [9.17, 15) is 18.3 Å². The molecule has 1 aliphatic carbocycles. The lowest BCUT2D eigenvalue weighted by Crippen LogP contribution is -2.54. The fraction of sp³-hybridized carbons (Fsp3) is 0.500. The Hall–Kier alpha value is -1.11. The predicted molar refractivity (Wildman–Crippen MR) is 79.8 cm³/mol. The van der Waals surface area contributed by atoms with Crippen LogP contribution in [0.1, 0.15) is 38.5 Å². The molecule has 0 spiro atoms. The predicted octanol–water partition coefficient (Wildman–Crippen LogP) is 2.80. The van der Waals surface area contributed by atoms with Crippen molar-refractivity contribution >= 4 is 27.6 Å². The van der Waals surface area contributed by atoms with Crippen molar-refractivity contribution in [1.29, 1.82) is 0 Å². The van der Waals surface area contributed by atoms with Gasteiger partial charge in [-0.15, -0.1) is 0 Å². The first-order chi connectivity index (χ1) is 9.86. The first-order valence-corrected chi connectivity index (χ1v) is 8.75. The molecule has 5 nitrogen and oxygen atoms in total. The minimum absolute atomic E-state index is 0.0140. The molecule has 116 valence electrons. The quantitative estimate of drug-likeness (QED) is 0.831. The van der Waals surface area contributed by atoms with Crippen LogP contribution in [-0.4, -0.2) is 25.0 Å². The third kappa shape index (κ3) is 3.75. The van der Waals surface area contributed by atoms with Crippen molar-refractivity contribution in [2.75, 3.05) is 0 Å². The van der Waals surface area contributed by atoms with Gasteiger partial charge >= 0.3 is 5.97 Å². The van der Waals surface area contributed by atoms with E-state index in [1.165, 1.54) is 18.2 Å². The molecule has 0 unspecified atom stereocenters. The molecule has 1 aromatic rings. The highest BCUT2D eigenvalue weighted by Gasteiger charge is 2.42. The lowest BCUT2D eigenvalue weighted by Gasteiger charge is -2.28. The molecule has 7 heteroatoms. The standard InChI is InChI=1S/C14H18ClNO4S/c15-11-6-5-7-12(10-11)21(19,20)16-14(13(17)18)8-3-1-2-4-9-14/h5-7,10,16H,1-4,8-9H2,(H,17,18). The Balaban J connectivity index is 2.33. The van der Waals surface area contributed by atoms with Gasteiger partial charge in [0.2, 0.25) is 10.0 Å². The van der Waals surface area contributed by atoms with Crippen molar-refractivity contribution < 1.29 is 18.3 Å². The second-order valence-corrected chi connectivity index (χ2v) is 7.48. The van der Waals surface area contributed by atoms with Gasteiger partial charge in [0.1, 0.15) is 5.54 Å². The minimum Gasteiger partial charge on any atom is -0.480 e. The van der Waals surface area contributed by atoms with Crippen molar-refractivity contribution in [1.82, 2.24) is 4.72 Å². The topological polar surface area (TPSA) is 83.5 Å². The largest absolute Gasteiger partial charge is 0.480 e. The SMILES string of the molecule is O=C(O)C1(NS(=O)(=O)c2cccc(Cl)c2)CCCCCC1. The third-order valence-electron chi connectivity index (χ3n) is 3.80. The molecule has 21 heavy (non-hydrogen) atoms. The number of carboxylic acid groups (broad SMARTS) is 1. The Morgan fingerprint density at radius 1 is 1.19 bits per heavy atom. The summed E-state index contributed by atoms with van der Waals surface area (Å²) >= 11 is 5.81. The average molecular weight is 332 g/mol. The maximum absolute atomic E-state index is 12.4. The summed E-state index contributed by atoms with van der Waals surface area (Å²) in [5.74, 6) is -1.12. The van der Waals surface area contributed by atoms with E-state index < -0.39 is 21.5 Å². The Bertz CT molecular complexity index is 622. The number of halogens is 1. The molecule has 2 rings (SSSR count). The Morgan fingerprint density at radius 2 is 1.81 bits per heavy atom. The summed E-state index contributed by atoms with van der Waals surface area (Å²) in [6, 6.07) is 5.81. The van der Waals surface area contributed by atoms with E-state index in [0.717, 1.165) is 12.8 Å². The molecule has 0 radical (unpaired) electrons. The Kier molecular flexibility index (Phi) is 4.91. The van der Waals surface area contributed by atoms with E-state index >= 15 is 0 Å². The van der Waals surface area contributed by atoms with Crippen LogP contribution in [0.2, 0.25) is 5.02 Å². The Morgan fingerprint density at radius 3 is 2.33 bits per heavy atom. The zero-order valence-corrected chi connectivity index (χ0v) is 13.1. The number of sulfonamides is 1. The highest BCUT2D eigenvalue weighted by atomic mass is 35.5. The van der Waals surface area contributed by atoms with Crippen LogP contribution in [0, 0.1) is 0 Å². The molecule has 1 saturated carbocycles. The first kappa shape index (κ1) is 16.3. The normalized spacial score (nSPS) is 18.9. The average Bonchev–Trinajstić information content (AvgIpc) is 2.65. The molecule has 0 atom stereocenters. The van der Waals surface area contributed by atoms with E-state index in [-0.39, 0.29) is 4.90 Å². The summed E-state index contributed by atoms with van der Waals surface area (Å²) in [5, 5.41) is 9.82. The van der Waals surface area contributed by atoms with E-state index in [2.05, 4.69) is 4.72 Å². The van der Waals surface area contributed by atoms with Crippen molar-refractivity contribution in [3.63, 3.8) is 0 Å². The summed E-state index contributed by atoms with van der Waals surface area (Å²) in [6.07, 6.45) is 3.86. The zero-order chi connectivity index (χ0) is 15.5. The molecular formula is C14H18ClNO4S. The first-order valence-electron chi connectivity index (χ1n) is 6.89. The number of hydrogen-bond donors (Lipinski definition) is 2. The molecule has 2 N–H and O–H groups in total. The maximum atomic E-state index is 12.4. The van der Waals surface area contributed by atoms with Gasteiger partial charge in [-0.3, -0.25) is 4.79 Å². The lowest BCUT2D eigenvalue weighted by atomic mass is 9.92. The van der Waals surface area contributed by atoms with Gasteiger partial charge in [0, 0.05) is 5.02 Å². The molecule has 0 aliphatic heterocycles. The van der Waals surface area contributed by atoms with Gasteiger partial charge in [-0.25, -0.2) is 8.42 Å². The van der Waals surface area contributed by atoms with Gasteiger partial charge in [-0.1, -0.05) is 43.4 Å². The number of hydrogen-bond acceptors (Lipinski definition) is 3. The van der Waals surface area contributed by atoms with Crippen molar-refractivity contribution in [3.8, 4) is 0 Å². The van der Waals surface area contributed by atoms with Crippen LogP contribution in [-0.2, 0) is 14.8 Å². The van der Waals surface area contributed by atoms with E-state index in [1.54, 1.807) is 6.07 Å². The Labute approximate surface area is 129 Å². The number of rotatable bonds is 4. The van der Waals surface area contributed by atoms with Crippen LogP contribution in [0.4, 0.5) is 0 Å². The van der Waals surface area contributed by atoms with Gasteiger partial charge in [0.25, 0.3) is 0 Å². The summed E-state index contributed by atoms with van der Waals surface area (Å²) in [5.41, 5.74) is -1.42. The van der Waals surface area contributed by atoms with Gasteiger partial charge in [-0.2, -0.15) is 4.72 Å². The van der Waals surface area contributed by atoms with Crippen LogP contribution >= 0.6 is 11.6 Å². The van der Waals surface area contributed by atoms with Gasteiger partial charge in [0.15, 0.2) is 0 Å². The fourth-order valence-electron chi connectivity index (χ4n) is 2.64.